The van der Waals surface area contributed by atoms with E-state index in [4.69, 9.17) is 0 Å². The van der Waals surface area contributed by atoms with Crippen molar-refractivity contribution in [3.63, 3.8) is 0 Å². The zero-order valence-corrected chi connectivity index (χ0v) is 17.6. The van der Waals surface area contributed by atoms with E-state index in [1.165, 1.54) is 12.1 Å². The number of benzene rings is 2. The molecule has 0 unspecified atom stereocenters. The van der Waals surface area contributed by atoms with Gasteiger partial charge in [-0.05, 0) is 96.6 Å². The van der Waals surface area contributed by atoms with Crippen molar-refractivity contribution >= 4 is 40.3 Å². The molecule has 1 aromatic heterocycles. The summed E-state index contributed by atoms with van der Waals surface area (Å²) in [5.74, 6) is -0.385. The smallest absolute Gasteiger partial charge is 0.266 e. The number of amides is 1. The number of carbonyl (C=O) groups excluding carboxylic acids is 1. The highest BCUT2D eigenvalue weighted by Crippen LogP contribution is 2.24. The Balaban J connectivity index is 1.93. The molecule has 2 N–H and O–H groups in total. The van der Waals surface area contributed by atoms with E-state index in [-0.39, 0.29) is 11.3 Å². The number of aromatic hydroxyl groups is 1. The minimum Gasteiger partial charge on any atom is -0.508 e. The minimum absolute atomic E-state index is 0.0102. The van der Waals surface area contributed by atoms with Gasteiger partial charge in [-0.1, -0.05) is 6.07 Å². The topological polar surface area (TPSA) is 78.1 Å². The number of nitrogens with one attached hydrogen (secondary N) is 1. The molecule has 5 nitrogen and oxygen atoms in total. The number of carbonyl (C=O) groups is 1. The normalized spacial score (nSPS) is 11.1. The van der Waals surface area contributed by atoms with Gasteiger partial charge in [0.25, 0.3) is 5.91 Å². The molecule has 0 bridgehead atoms. The Morgan fingerprint density at radius 2 is 1.89 bits per heavy atom. The van der Waals surface area contributed by atoms with Crippen LogP contribution in [-0.2, 0) is 4.79 Å². The number of hydrogen-bond acceptors (Lipinski definition) is 3. The summed E-state index contributed by atoms with van der Waals surface area (Å²) in [7, 11) is 0. The first-order valence-electron chi connectivity index (χ1n) is 8.56. The molecule has 1 heterocycles. The fourth-order valence-corrected chi connectivity index (χ4v) is 3.52. The van der Waals surface area contributed by atoms with Crippen molar-refractivity contribution in [2.45, 2.75) is 13.8 Å². The maximum absolute atomic E-state index is 12.5. The van der Waals surface area contributed by atoms with Gasteiger partial charge < -0.3 is 15.0 Å². The van der Waals surface area contributed by atoms with Crippen LogP contribution in [0.25, 0.3) is 11.8 Å². The van der Waals surface area contributed by atoms with Gasteiger partial charge in [-0.2, -0.15) is 5.26 Å². The van der Waals surface area contributed by atoms with Crippen molar-refractivity contribution in [1.82, 2.24) is 4.57 Å². The molecule has 3 rings (SSSR count). The number of phenols is 1. The maximum Gasteiger partial charge on any atom is 0.266 e. The molecule has 0 spiro atoms. The van der Waals surface area contributed by atoms with Crippen LogP contribution in [-0.4, -0.2) is 15.6 Å². The maximum atomic E-state index is 12.5. The Hall–Kier alpha value is -3.05. The number of aryl methyl sites for hydroxylation is 1. The number of anilines is 1. The van der Waals surface area contributed by atoms with Crippen LogP contribution in [0.15, 0.2) is 60.2 Å². The molecule has 140 valence electrons. The van der Waals surface area contributed by atoms with Gasteiger partial charge in [-0.25, -0.2) is 0 Å². The number of hydrogen-bond donors (Lipinski definition) is 2. The van der Waals surface area contributed by atoms with Crippen LogP contribution < -0.4 is 5.32 Å². The van der Waals surface area contributed by atoms with Gasteiger partial charge >= 0.3 is 0 Å². The summed E-state index contributed by atoms with van der Waals surface area (Å²) in [6, 6.07) is 18.2. The molecule has 6 heteroatoms. The van der Waals surface area contributed by atoms with Gasteiger partial charge in [0.15, 0.2) is 0 Å². The summed E-state index contributed by atoms with van der Waals surface area (Å²) < 4.78 is 3.23. The first-order valence-corrected chi connectivity index (χ1v) is 9.64. The summed E-state index contributed by atoms with van der Waals surface area (Å²) in [4.78, 5) is 12.5. The third kappa shape index (κ3) is 4.26. The highest BCUT2D eigenvalue weighted by molar-refractivity contribution is 14.1. The second-order valence-electron chi connectivity index (χ2n) is 6.31. The molecule has 2 aromatic carbocycles. The lowest BCUT2D eigenvalue weighted by Gasteiger charge is -2.10. The van der Waals surface area contributed by atoms with Gasteiger partial charge in [0.05, 0.1) is 0 Å². The number of halogens is 1. The first-order chi connectivity index (χ1) is 13.4. The Morgan fingerprint density at radius 3 is 2.54 bits per heavy atom. The lowest BCUT2D eigenvalue weighted by atomic mass is 10.1. The predicted molar refractivity (Wildman–Crippen MR) is 118 cm³/mol. The Kier molecular flexibility index (Phi) is 5.85. The van der Waals surface area contributed by atoms with Crippen molar-refractivity contribution in [3.8, 4) is 17.5 Å². The van der Waals surface area contributed by atoms with Crippen molar-refractivity contribution in [2.24, 2.45) is 0 Å². The molecular weight excluding hydrogens is 465 g/mol. The highest BCUT2D eigenvalue weighted by Gasteiger charge is 2.14. The SMILES string of the molecule is Cc1cc(/C=C(/C#N)C(=O)Nc2ccc(O)cc2)c(C)n1-c1cccc(I)c1. The van der Waals surface area contributed by atoms with Crippen molar-refractivity contribution in [1.29, 1.82) is 5.26 Å². The Labute approximate surface area is 177 Å². The molecule has 28 heavy (non-hydrogen) atoms. The van der Waals surface area contributed by atoms with Crippen molar-refractivity contribution < 1.29 is 9.90 Å². The van der Waals surface area contributed by atoms with Gasteiger partial charge in [0.1, 0.15) is 17.4 Å². The third-order valence-electron chi connectivity index (χ3n) is 4.33. The van der Waals surface area contributed by atoms with E-state index >= 15 is 0 Å². The van der Waals surface area contributed by atoms with E-state index in [1.807, 2.05) is 44.2 Å². The molecule has 0 saturated carbocycles. The monoisotopic (exact) mass is 483 g/mol. The van der Waals surface area contributed by atoms with E-state index in [2.05, 4.69) is 38.5 Å². The summed E-state index contributed by atoms with van der Waals surface area (Å²) in [6.07, 6.45) is 1.60. The lowest BCUT2D eigenvalue weighted by molar-refractivity contribution is -0.112. The van der Waals surface area contributed by atoms with Crippen LogP contribution >= 0.6 is 22.6 Å². The van der Waals surface area contributed by atoms with Crippen LogP contribution in [0, 0.1) is 28.7 Å². The van der Waals surface area contributed by atoms with Crippen molar-refractivity contribution in [3.05, 3.63) is 80.7 Å². The average molecular weight is 483 g/mol. The van der Waals surface area contributed by atoms with Crippen LogP contribution in [0.4, 0.5) is 5.69 Å². The van der Waals surface area contributed by atoms with Gasteiger partial charge in [-0.3, -0.25) is 4.79 Å². The Bertz CT molecular complexity index is 1110. The second kappa shape index (κ2) is 8.31. The minimum atomic E-state index is -0.493. The summed E-state index contributed by atoms with van der Waals surface area (Å²) in [5, 5.41) is 21.5. The number of phenolic OH excluding ortho intramolecular Hbond substituents is 1. The third-order valence-corrected chi connectivity index (χ3v) is 5.00. The van der Waals surface area contributed by atoms with E-state index in [0.717, 1.165) is 26.2 Å². The van der Waals surface area contributed by atoms with E-state index in [9.17, 15) is 15.2 Å². The fourth-order valence-electron chi connectivity index (χ4n) is 2.99. The Morgan fingerprint density at radius 1 is 1.18 bits per heavy atom. The average Bonchev–Trinajstić information content (AvgIpc) is 2.94. The van der Waals surface area contributed by atoms with Crippen LogP contribution in [0.3, 0.4) is 0 Å². The number of rotatable bonds is 4. The van der Waals surface area contributed by atoms with E-state index in [1.54, 1.807) is 18.2 Å². The highest BCUT2D eigenvalue weighted by atomic mass is 127. The molecule has 0 aliphatic carbocycles. The van der Waals surface area contributed by atoms with Gasteiger partial charge in [0.2, 0.25) is 0 Å². The molecule has 0 saturated heterocycles. The number of nitriles is 1. The van der Waals surface area contributed by atoms with E-state index < -0.39 is 5.91 Å². The standard InChI is InChI=1S/C22H18IN3O2/c1-14-10-16(15(2)26(14)20-5-3-4-18(23)12-20)11-17(13-24)22(28)25-19-6-8-21(27)9-7-19/h3-12,27H,1-2H3,(H,25,28)/b17-11-. The molecule has 0 fully saturated rings. The zero-order valence-electron chi connectivity index (χ0n) is 15.4. The van der Waals surface area contributed by atoms with Crippen molar-refractivity contribution in [2.75, 3.05) is 5.32 Å². The molecule has 0 aliphatic heterocycles. The van der Waals surface area contributed by atoms with Crippen LogP contribution in [0.5, 0.6) is 5.75 Å². The predicted octanol–water partition coefficient (Wildman–Crippen LogP) is 4.95. The second-order valence-corrected chi connectivity index (χ2v) is 7.56. The van der Waals surface area contributed by atoms with Crippen LogP contribution in [0.1, 0.15) is 17.0 Å². The molecule has 0 aliphatic rings. The molecular formula is C22H18IN3O2. The van der Waals surface area contributed by atoms with Gasteiger partial charge in [0, 0.05) is 26.3 Å². The summed E-state index contributed by atoms with van der Waals surface area (Å²) in [5.41, 5.74) is 4.33. The largest absolute Gasteiger partial charge is 0.508 e. The molecule has 1 amide bonds. The fraction of sp³-hybridized carbons (Fsp3) is 0.0909. The molecule has 0 radical (unpaired) electrons. The lowest BCUT2D eigenvalue weighted by Crippen LogP contribution is -2.13. The zero-order chi connectivity index (χ0) is 20.3. The van der Waals surface area contributed by atoms with Gasteiger partial charge in [-0.15, -0.1) is 0 Å². The number of aromatic nitrogens is 1. The summed E-state index contributed by atoms with van der Waals surface area (Å²) in [6.45, 7) is 3.96. The first kappa shape index (κ1) is 19.7. The molecule has 0 atom stereocenters. The summed E-state index contributed by atoms with van der Waals surface area (Å²) >= 11 is 2.27. The van der Waals surface area contributed by atoms with E-state index in [0.29, 0.717) is 5.69 Å². The quantitative estimate of drug-likeness (QED) is 0.239. The molecule has 3 aromatic rings. The number of nitrogens with zero attached hydrogens (tertiary/aromatic N) is 2. The van der Waals surface area contributed by atoms with Crippen LogP contribution in [0.2, 0.25) is 0 Å².